The van der Waals surface area contributed by atoms with Gasteiger partial charge in [-0.25, -0.2) is 14.8 Å². The molecule has 3 aromatic rings. The smallest absolute Gasteiger partial charge is 0.359 e. The van der Waals surface area contributed by atoms with Crippen LogP contribution in [0.2, 0.25) is 15.2 Å². The summed E-state index contributed by atoms with van der Waals surface area (Å²) in [4.78, 5) is 20.0. The average Bonchev–Trinajstić information content (AvgIpc) is 2.99. The molecule has 0 aliphatic carbocycles. The number of nitrogen functional groups attached to an aromatic ring is 1. The van der Waals surface area contributed by atoms with Gasteiger partial charge in [0, 0.05) is 0 Å². The first-order valence-electron chi connectivity index (χ1n) is 7.02. The Hall–Kier alpha value is -2.16. The van der Waals surface area contributed by atoms with Crippen LogP contribution in [-0.2, 0) is 11.3 Å². The zero-order chi connectivity index (χ0) is 19.0. The van der Waals surface area contributed by atoms with Crippen LogP contribution in [0.5, 0.6) is 0 Å². The predicted molar refractivity (Wildman–Crippen MR) is 93.8 cm³/mol. The minimum atomic E-state index is -2.86. The van der Waals surface area contributed by atoms with Crippen LogP contribution in [0, 0.1) is 0 Å². The van der Waals surface area contributed by atoms with Crippen molar-refractivity contribution in [2.75, 3.05) is 5.73 Å². The van der Waals surface area contributed by atoms with Gasteiger partial charge >= 0.3 is 12.5 Å². The van der Waals surface area contributed by atoms with E-state index in [9.17, 15) is 13.6 Å². The molecule has 0 unspecified atom stereocenters. The largest absolute Gasteiger partial charge is 0.453 e. The van der Waals surface area contributed by atoms with E-state index in [1.165, 1.54) is 6.07 Å². The van der Waals surface area contributed by atoms with Gasteiger partial charge in [0.15, 0.2) is 16.7 Å². The number of imidazole rings is 1. The summed E-state index contributed by atoms with van der Waals surface area (Å²) < 4.78 is 32.4. The zero-order valence-corrected chi connectivity index (χ0v) is 15.0. The normalized spacial score (nSPS) is 11.3. The van der Waals surface area contributed by atoms with Gasteiger partial charge in [-0.1, -0.05) is 46.9 Å². The van der Waals surface area contributed by atoms with E-state index >= 15 is 0 Å². The standard InChI is InChI=1S/C15H9Cl3F2N4O2/c16-9-11(21)10(17)13(18)23-12(9)14(25)26-5-8-22-6-3-1-2-4-7(6)24(8)15(19)20/h1-4,15H,5H2,(H2,21,23). The Morgan fingerprint density at radius 2 is 1.88 bits per heavy atom. The molecular formula is C15H9Cl3F2N4O2. The van der Waals surface area contributed by atoms with Gasteiger partial charge in [0.2, 0.25) is 0 Å². The van der Waals surface area contributed by atoms with Gasteiger partial charge in [-0.05, 0) is 12.1 Å². The zero-order valence-electron chi connectivity index (χ0n) is 12.7. The summed E-state index contributed by atoms with van der Waals surface area (Å²) in [5.41, 5.74) is 5.67. The third-order valence-electron chi connectivity index (χ3n) is 3.46. The fraction of sp³-hybridized carbons (Fsp3) is 0.133. The number of rotatable bonds is 4. The summed E-state index contributed by atoms with van der Waals surface area (Å²) in [5, 5.41) is -0.584. The second kappa shape index (κ2) is 7.22. The second-order valence-electron chi connectivity index (χ2n) is 5.03. The SMILES string of the molecule is Nc1c(Cl)c(Cl)nc(C(=O)OCc2nc3ccccc3n2C(F)F)c1Cl. The Morgan fingerprint density at radius 3 is 2.58 bits per heavy atom. The maximum atomic E-state index is 13.4. The van der Waals surface area contributed by atoms with Crippen LogP contribution < -0.4 is 5.73 Å². The van der Waals surface area contributed by atoms with Gasteiger partial charge in [-0.15, -0.1) is 0 Å². The molecule has 0 saturated carbocycles. The van der Waals surface area contributed by atoms with E-state index in [2.05, 4.69) is 9.97 Å². The van der Waals surface area contributed by atoms with E-state index in [4.69, 9.17) is 45.3 Å². The number of esters is 1. The summed E-state index contributed by atoms with van der Waals surface area (Å²) in [5.74, 6) is -1.15. The third kappa shape index (κ3) is 3.27. The molecule has 26 heavy (non-hydrogen) atoms. The minimum absolute atomic E-state index is 0.104. The highest BCUT2D eigenvalue weighted by molar-refractivity contribution is 6.46. The lowest BCUT2D eigenvalue weighted by atomic mass is 10.3. The Balaban J connectivity index is 1.89. The molecule has 2 N–H and O–H groups in total. The molecule has 0 aliphatic heterocycles. The van der Waals surface area contributed by atoms with Crippen molar-refractivity contribution in [2.24, 2.45) is 0 Å². The van der Waals surface area contributed by atoms with E-state index in [-0.39, 0.29) is 37.9 Å². The van der Waals surface area contributed by atoms with Gasteiger partial charge in [0.25, 0.3) is 0 Å². The van der Waals surface area contributed by atoms with Gasteiger partial charge in [-0.2, -0.15) is 8.78 Å². The first-order valence-corrected chi connectivity index (χ1v) is 8.15. The molecule has 2 heterocycles. The maximum Gasteiger partial charge on any atom is 0.359 e. The summed E-state index contributed by atoms with van der Waals surface area (Å²) in [6, 6.07) is 6.31. The highest BCUT2D eigenvalue weighted by atomic mass is 35.5. The van der Waals surface area contributed by atoms with E-state index in [0.29, 0.717) is 10.1 Å². The molecule has 3 rings (SSSR count). The van der Waals surface area contributed by atoms with Crippen LogP contribution >= 0.6 is 34.8 Å². The van der Waals surface area contributed by atoms with Crippen LogP contribution in [0.25, 0.3) is 11.0 Å². The number of para-hydroxylation sites is 2. The van der Waals surface area contributed by atoms with Crippen molar-refractivity contribution in [3.63, 3.8) is 0 Å². The van der Waals surface area contributed by atoms with Crippen molar-refractivity contribution < 1.29 is 18.3 Å². The number of nitrogens with zero attached hydrogens (tertiary/aromatic N) is 3. The number of carbonyl (C=O) groups is 1. The number of hydrogen-bond acceptors (Lipinski definition) is 5. The Morgan fingerprint density at radius 1 is 1.19 bits per heavy atom. The van der Waals surface area contributed by atoms with Crippen molar-refractivity contribution in [1.29, 1.82) is 0 Å². The van der Waals surface area contributed by atoms with Crippen molar-refractivity contribution in [2.45, 2.75) is 13.2 Å². The van der Waals surface area contributed by atoms with Gasteiger partial charge in [-0.3, -0.25) is 4.57 Å². The van der Waals surface area contributed by atoms with Crippen LogP contribution in [0.3, 0.4) is 0 Å². The maximum absolute atomic E-state index is 13.4. The number of hydrogen-bond donors (Lipinski definition) is 1. The molecular weight excluding hydrogens is 413 g/mol. The Bertz CT molecular complexity index is 1010. The number of carbonyl (C=O) groups excluding carboxylic acids is 1. The summed E-state index contributed by atoms with van der Waals surface area (Å²) in [6.45, 7) is -3.39. The van der Waals surface area contributed by atoms with E-state index in [0.717, 1.165) is 0 Å². The van der Waals surface area contributed by atoms with Gasteiger partial charge in [0.1, 0.15) is 11.6 Å². The number of pyridine rings is 1. The van der Waals surface area contributed by atoms with Crippen molar-refractivity contribution >= 4 is 57.5 Å². The Labute approximate surface area is 160 Å². The van der Waals surface area contributed by atoms with E-state index < -0.39 is 19.1 Å². The number of fused-ring (bicyclic) bond motifs is 1. The summed E-state index contributed by atoms with van der Waals surface area (Å²) in [7, 11) is 0. The van der Waals surface area contributed by atoms with Crippen molar-refractivity contribution in [3.8, 4) is 0 Å². The number of benzene rings is 1. The molecule has 1 aromatic carbocycles. The lowest BCUT2D eigenvalue weighted by Crippen LogP contribution is -2.13. The molecule has 136 valence electrons. The molecule has 0 fully saturated rings. The van der Waals surface area contributed by atoms with E-state index in [1.54, 1.807) is 18.2 Å². The molecule has 0 radical (unpaired) electrons. The van der Waals surface area contributed by atoms with Gasteiger partial charge < -0.3 is 10.5 Å². The van der Waals surface area contributed by atoms with Crippen LogP contribution in [0.4, 0.5) is 14.5 Å². The molecule has 2 aromatic heterocycles. The first kappa shape index (κ1) is 18.6. The highest BCUT2D eigenvalue weighted by Crippen LogP contribution is 2.34. The fourth-order valence-electron chi connectivity index (χ4n) is 2.28. The van der Waals surface area contributed by atoms with Gasteiger partial charge in [0.05, 0.1) is 21.7 Å². The number of halogens is 5. The van der Waals surface area contributed by atoms with Crippen LogP contribution in [0.15, 0.2) is 24.3 Å². The van der Waals surface area contributed by atoms with Crippen LogP contribution in [0.1, 0.15) is 22.9 Å². The molecule has 11 heteroatoms. The fourth-order valence-corrected chi connectivity index (χ4v) is 2.86. The number of ether oxygens (including phenoxy) is 1. The quantitative estimate of drug-likeness (QED) is 0.486. The summed E-state index contributed by atoms with van der Waals surface area (Å²) >= 11 is 17.5. The monoisotopic (exact) mass is 420 g/mol. The van der Waals surface area contributed by atoms with Crippen molar-refractivity contribution in [3.05, 3.63) is 51.0 Å². The van der Waals surface area contributed by atoms with Crippen LogP contribution in [-0.4, -0.2) is 20.5 Å². The predicted octanol–water partition coefficient (Wildman–Crippen LogP) is 4.73. The molecule has 0 aliphatic rings. The lowest BCUT2D eigenvalue weighted by Gasteiger charge is -2.10. The highest BCUT2D eigenvalue weighted by Gasteiger charge is 2.23. The molecule has 0 bridgehead atoms. The first-order chi connectivity index (χ1) is 12.3. The minimum Gasteiger partial charge on any atom is -0.453 e. The molecule has 0 atom stereocenters. The van der Waals surface area contributed by atoms with Crippen molar-refractivity contribution in [1.82, 2.24) is 14.5 Å². The number of nitrogens with two attached hydrogens (primary N) is 1. The lowest BCUT2D eigenvalue weighted by molar-refractivity contribution is 0.0382. The van der Waals surface area contributed by atoms with E-state index in [1.807, 2.05) is 0 Å². The topological polar surface area (TPSA) is 83.0 Å². The molecule has 0 amide bonds. The molecule has 0 spiro atoms. The third-order valence-corrected chi connectivity index (χ3v) is 4.60. The Kier molecular flexibility index (Phi) is 5.17. The number of anilines is 1. The average molecular weight is 422 g/mol. The number of aromatic nitrogens is 3. The number of alkyl halides is 2. The summed E-state index contributed by atoms with van der Waals surface area (Å²) in [6.07, 6.45) is 0. The molecule has 6 nitrogen and oxygen atoms in total. The second-order valence-corrected chi connectivity index (χ2v) is 6.15. The molecule has 0 saturated heterocycles.